The van der Waals surface area contributed by atoms with E-state index in [0.717, 1.165) is 24.3 Å². The van der Waals surface area contributed by atoms with Gasteiger partial charge in [0.25, 0.3) is 0 Å². The van der Waals surface area contributed by atoms with Gasteiger partial charge in [-0.05, 0) is 24.3 Å². The van der Waals surface area contributed by atoms with Crippen LogP contribution in [-0.2, 0) is 0 Å². The van der Waals surface area contributed by atoms with Gasteiger partial charge >= 0.3 is 18.3 Å². The average Bonchev–Trinajstić information content (AvgIpc) is 2.33. The predicted octanol–water partition coefficient (Wildman–Crippen LogP) is 4.24. The quantitative estimate of drug-likeness (QED) is 0.819. The van der Waals surface area contributed by atoms with Gasteiger partial charge in [0.2, 0.25) is 0 Å². The van der Waals surface area contributed by atoms with Gasteiger partial charge in [0.1, 0.15) is 12.3 Å². The molecule has 0 bridgehead atoms. The Bertz CT molecular complexity index is 451. The van der Waals surface area contributed by atoms with Crippen LogP contribution in [0.3, 0.4) is 0 Å². The molecule has 0 saturated heterocycles. The molecular weight excluding hydrogens is 314 g/mol. The van der Waals surface area contributed by atoms with Crippen LogP contribution < -0.4 is 10.1 Å². The van der Waals surface area contributed by atoms with Crippen LogP contribution in [0.2, 0.25) is 0 Å². The van der Waals surface area contributed by atoms with Gasteiger partial charge in [0.05, 0.1) is 0 Å². The Morgan fingerprint density at radius 1 is 0.857 bits per heavy atom. The second kappa shape index (κ2) is 5.94. The summed E-state index contributed by atoms with van der Waals surface area (Å²) < 4.78 is 101. The van der Waals surface area contributed by atoms with Crippen molar-refractivity contribution >= 4 is 5.69 Å². The van der Waals surface area contributed by atoms with Gasteiger partial charge in [-0.2, -0.15) is 35.1 Å². The second-order valence-corrected chi connectivity index (χ2v) is 3.98. The molecule has 0 aliphatic rings. The summed E-state index contributed by atoms with van der Waals surface area (Å²) in [6.45, 7) is -3.22. The normalized spacial score (nSPS) is 13.1. The molecule has 1 rings (SSSR count). The molecule has 0 heterocycles. The summed E-state index contributed by atoms with van der Waals surface area (Å²) in [5.74, 6) is -5.34. The van der Waals surface area contributed by atoms with Crippen LogP contribution in [0.4, 0.5) is 40.8 Å². The molecule has 0 aliphatic heterocycles. The molecule has 0 aliphatic carbocycles. The fourth-order valence-corrected chi connectivity index (χ4v) is 1.13. The molecule has 0 aromatic heterocycles. The summed E-state index contributed by atoms with van der Waals surface area (Å²) in [7, 11) is 0. The minimum Gasteiger partial charge on any atom is -0.487 e. The Labute approximate surface area is 113 Å². The standard InChI is InChI=1S/C11H9F8NO/c12-9(13,11(17,18)19)6-21-8-3-1-7(2-4-8)20-5-10(14,15)16/h1-4,20H,5-6H2. The zero-order valence-corrected chi connectivity index (χ0v) is 10.2. The lowest BCUT2D eigenvalue weighted by atomic mass is 10.3. The molecule has 0 fully saturated rings. The summed E-state index contributed by atoms with van der Waals surface area (Å²) in [4.78, 5) is 0. The lowest BCUT2D eigenvalue weighted by Crippen LogP contribution is -2.41. The van der Waals surface area contributed by atoms with Crippen LogP contribution in [0, 0.1) is 0 Å². The third-order valence-electron chi connectivity index (χ3n) is 2.18. The number of ether oxygens (including phenoxy) is 1. The minimum absolute atomic E-state index is 0.0160. The van der Waals surface area contributed by atoms with Gasteiger partial charge in [-0.3, -0.25) is 0 Å². The van der Waals surface area contributed by atoms with E-state index in [-0.39, 0.29) is 11.4 Å². The van der Waals surface area contributed by atoms with Gasteiger partial charge < -0.3 is 10.1 Å². The van der Waals surface area contributed by atoms with Crippen LogP contribution in [0.25, 0.3) is 0 Å². The first kappa shape index (κ1) is 17.3. The average molecular weight is 323 g/mol. The molecule has 1 aromatic carbocycles. The molecule has 0 radical (unpaired) electrons. The Hall–Kier alpha value is -1.74. The largest absolute Gasteiger partial charge is 0.487 e. The maximum absolute atomic E-state index is 12.6. The molecule has 0 atom stereocenters. The van der Waals surface area contributed by atoms with Crippen LogP contribution >= 0.6 is 0 Å². The highest BCUT2D eigenvalue weighted by Gasteiger charge is 2.58. The lowest BCUT2D eigenvalue weighted by molar-refractivity contribution is -0.290. The summed E-state index contributed by atoms with van der Waals surface area (Å²) in [6, 6.07) is 4.08. The Morgan fingerprint density at radius 3 is 1.81 bits per heavy atom. The van der Waals surface area contributed by atoms with E-state index in [0.29, 0.717) is 0 Å². The molecule has 0 unspecified atom stereocenters. The maximum atomic E-state index is 12.6. The molecule has 21 heavy (non-hydrogen) atoms. The number of nitrogens with one attached hydrogen (secondary N) is 1. The van der Waals surface area contributed by atoms with Gasteiger partial charge in [-0.25, -0.2) is 0 Å². The third-order valence-corrected chi connectivity index (χ3v) is 2.18. The smallest absolute Gasteiger partial charge is 0.456 e. The van der Waals surface area contributed by atoms with Crippen molar-refractivity contribution in [3.05, 3.63) is 24.3 Å². The van der Waals surface area contributed by atoms with Crippen molar-refractivity contribution in [3.8, 4) is 5.75 Å². The Balaban J connectivity index is 2.56. The van der Waals surface area contributed by atoms with Crippen molar-refractivity contribution in [1.29, 1.82) is 0 Å². The van der Waals surface area contributed by atoms with Gasteiger partial charge in [-0.15, -0.1) is 0 Å². The molecule has 10 heteroatoms. The summed E-state index contributed by atoms with van der Waals surface area (Å²) >= 11 is 0. The van der Waals surface area contributed by atoms with Crippen LogP contribution in [-0.4, -0.2) is 31.4 Å². The molecule has 2 nitrogen and oxygen atoms in total. The SMILES string of the molecule is FC(F)(F)CNc1ccc(OCC(F)(F)C(F)(F)F)cc1. The highest BCUT2D eigenvalue weighted by molar-refractivity contribution is 5.46. The number of halogens is 8. The lowest BCUT2D eigenvalue weighted by Gasteiger charge is -2.19. The van der Waals surface area contributed by atoms with E-state index in [4.69, 9.17) is 0 Å². The first-order valence-electron chi connectivity index (χ1n) is 5.39. The van der Waals surface area contributed by atoms with Gasteiger partial charge in [-0.1, -0.05) is 0 Å². The maximum Gasteiger partial charge on any atom is 0.456 e. The topological polar surface area (TPSA) is 21.3 Å². The number of hydrogen-bond donors (Lipinski definition) is 1. The molecule has 0 saturated carbocycles. The van der Waals surface area contributed by atoms with E-state index in [1.54, 1.807) is 0 Å². The van der Waals surface area contributed by atoms with Crippen LogP contribution in [0.1, 0.15) is 0 Å². The van der Waals surface area contributed by atoms with E-state index in [1.165, 1.54) is 0 Å². The molecule has 0 spiro atoms. The fourth-order valence-electron chi connectivity index (χ4n) is 1.13. The van der Waals surface area contributed by atoms with E-state index in [2.05, 4.69) is 4.74 Å². The highest BCUT2D eigenvalue weighted by atomic mass is 19.4. The molecule has 0 amide bonds. The summed E-state index contributed by atoms with van der Waals surface area (Å²) in [5.41, 5.74) is 0.0160. The van der Waals surface area contributed by atoms with Crippen molar-refractivity contribution in [3.63, 3.8) is 0 Å². The molecular formula is C11H9F8NO. The van der Waals surface area contributed by atoms with Crippen molar-refractivity contribution in [2.75, 3.05) is 18.5 Å². The predicted molar refractivity (Wildman–Crippen MR) is 57.5 cm³/mol. The Kier molecular flexibility index (Phi) is 4.90. The van der Waals surface area contributed by atoms with E-state index >= 15 is 0 Å². The third kappa shape index (κ3) is 5.64. The van der Waals surface area contributed by atoms with Crippen molar-refractivity contribution in [2.45, 2.75) is 18.3 Å². The minimum atomic E-state index is -5.73. The van der Waals surface area contributed by atoms with E-state index in [1.807, 2.05) is 5.32 Å². The molecule has 120 valence electrons. The highest BCUT2D eigenvalue weighted by Crippen LogP contribution is 2.35. The zero-order chi connectivity index (χ0) is 16.3. The zero-order valence-electron chi connectivity index (χ0n) is 10.2. The first-order valence-corrected chi connectivity index (χ1v) is 5.39. The van der Waals surface area contributed by atoms with Gasteiger partial charge in [0, 0.05) is 5.69 Å². The monoisotopic (exact) mass is 323 g/mol. The number of anilines is 1. The molecule has 1 aromatic rings. The fraction of sp³-hybridized carbons (Fsp3) is 0.455. The summed E-state index contributed by atoms with van der Waals surface area (Å²) in [5, 5.41) is 2.00. The first-order chi connectivity index (χ1) is 9.41. The number of alkyl halides is 8. The molecule has 1 N–H and O–H groups in total. The van der Waals surface area contributed by atoms with E-state index in [9.17, 15) is 35.1 Å². The van der Waals surface area contributed by atoms with Gasteiger partial charge in [0.15, 0.2) is 6.61 Å². The summed E-state index contributed by atoms with van der Waals surface area (Å²) in [6.07, 6.45) is -10.2. The number of benzene rings is 1. The number of hydrogen-bond acceptors (Lipinski definition) is 2. The van der Waals surface area contributed by atoms with Crippen LogP contribution in [0.15, 0.2) is 24.3 Å². The van der Waals surface area contributed by atoms with Crippen molar-refractivity contribution in [2.24, 2.45) is 0 Å². The van der Waals surface area contributed by atoms with Crippen molar-refractivity contribution < 1.29 is 39.9 Å². The second-order valence-electron chi connectivity index (χ2n) is 3.98. The number of rotatable bonds is 5. The van der Waals surface area contributed by atoms with Crippen molar-refractivity contribution in [1.82, 2.24) is 0 Å². The Morgan fingerprint density at radius 2 is 1.38 bits per heavy atom. The van der Waals surface area contributed by atoms with E-state index < -0.39 is 31.4 Å². The van der Waals surface area contributed by atoms with Crippen LogP contribution in [0.5, 0.6) is 5.75 Å².